The van der Waals surface area contributed by atoms with Crippen LogP contribution in [-0.2, 0) is 16.6 Å². The van der Waals surface area contributed by atoms with Crippen LogP contribution in [0.5, 0.6) is 0 Å². The summed E-state index contributed by atoms with van der Waals surface area (Å²) < 4.78 is 1.46. The molecule has 0 radical (unpaired) electrons. The van der Waals surface area contributed by atoms with Gasteiger partial charge in [0.1, 0.15) is 0 Å². The van der Waals surface area contributed by atoms with Crippen LogP contribution in [0.15, 0.2) is 12.4 Å². The summed E-state index contributed by atoms with van der Waals surface area (Å²) in [5, 5.41) is 14.1. The molecule has 0 saturated heterocycles. The molecule has 0 aromatic carbocycles. The number of anilines is 1. The number of aryl methyl sites for hydroxylation is 1. The number of aromatic nitrogens is 2. The van der Waals surface area contributed by atoms with Crippen LogP contribution in [0.25, 0.3) is 0 Å². The third kappa shape index (κ3) is 1.82. The van der Waals surface area contributed by atoms with E-state index >= 15 is 0 Å². The minimum atomic E-state index is -1.51. The molecule has 1 aromatic rings. The summed E-state index contributed by atoms with van der Waals surface area (Å²) in [5.41, 5.74) is 0.366. The monoisotopic (exact) mass is 169 g/mol. The van der Waals surface area contributed by atoms with Gasteiger partial charge < -0.3 is 10.4 Å². The Labute approximate surface area is 67.8 Å². The summed E-state index contributed by atoms with van der Waals surface area (Å²) in [6.07, 6.45) is 2.86. The number of hydrogen-bond donors (Lipinski definition) is 2. The third-order valence-electron chi connectivity index (χ3n) is 1.16. The van der Waals surface area contributed by atoms with Crippen LogP contribution in [0.2, 0.25) is 0 Å². The quantitative estimate of drug-likeness (QED) is 0.552. The lowest BCUT2D eigenvalue weighted by atomic mass is 10.5. The highest BCUT2D eigenvalue weighted by atomic mass is 16.4. The molecule has 0 spiro atoms. The van der Waals surface area contributed by atoms with Crippen LogP contribution in [-0.4, -0.2) is 26.8 Å². The van der Waals surface area contributed by atoms with Crippen molar-refractivity contribution in [2.45, 2.75) is 0 Å². The molecule has 0 fully saturated rings. The Morgan fingerprint density at radius 1 is 1.67 bits per heavy atom. The number of hydrogen-bond acceptors (Lipinski definition) is 3. The van der Waals surface area contributed by atoms with Gasteiger partial charge >= 0.3 is 11.9 Å². The lowest BCUT2D eigenvalue weighted by molar-refractivity contribution is -0.147. The van der Waals surface area contributed by atoms with Gasteiger partial charge in [0.05, 0.1) is 11.9 Å². The molecule has 1 amide bonds. The highest BCUT2D eigenvalue weighted by Gasteiger charge is 2.11. The first-order valence-corrected chi connectivity index (χ1v) is 3.12. The van der Waals surface area contributed by atoms with Crippen LogP contribution >= 0.6 is 0 Å². The minimum absolute atomic E-state index is 0.366. The minimum Gasteiger partial charge on any atom is -0.474 e. The molecule has 0 saturated carbocycles. The molecule has 12 heavy (non-hydrogen) atoms. The van der Waals surface area contributed by atoms with Crippen molar-refractivity contribution < 1.29 is 14.7 Å². The van der Waals surface area contributed by atoms with Crippen molar-refractivity contribution in [2.24, 2.45) is 7.05 Å². The van der Waals surface area contributed by atoms with Gasteiger partial charge in [0.2, 0.25) is 0 Å². The van der Waals surface area contributed by atoms with E-state index in [1.165, 1.54) is 17.1 Å². The van der Waals surface area contributed by atoms with Gasteiger partial charge in [-0.3, -0.25) is 9.48 Å². The first-order chi connectivity index (χ1) is 5.59. The van der Waals surface area contributed by atoms with Crippen molar-refractivity contribution in [1.29, 1.82) is 0 Å². The number of carbonyl (C=O) groups excluding carboxylic acids is 1. The molecule has 1 aromatic heterocycles. The summed E-state index contributed by atoms with van der Waals surface area (Å²) in [4.78, 5) is 20.6. The molecule has 0 aliphatic rings. The molecule has 2 N–H and O–H groups in total. The summed E-state index contributed by atoms with van der Waals surface area (Å²) in [7, 11) is 1.66. The number of nitrogens with one attached hydrogen (secondary N) is 1. The molecular formula is C6H7N3O3. The van der Waals surface area contributed by atoms with E-state index in [0.717, 1.165) is 0 Å². The molecule has 0 unspecified atom stereocenters. The number of nitrogens with zero attached hydrogens (tertiary/aromatic N) is 2. The van der Waals surface area contributed by atoms with Crippen LogP contribution in [0.3, 0.4) is 0 Å². The Kier molecular flexibility index (Phi) is 2.09. The van der Waals surface area contributed by atoms with Crippen LogP contribution < -0.4 is 5.32 Å². The van der Waals surface area contributed by atoms with Crippen molar-refractivity contribution in [3.05, 3.63) is 12.4 Å². The van der Waals surface area contributed by atoms with E-state index in [9.17, 15) is 9.59 Å². The maximum Gasteiger partial charge on any atom is 0.394 e. The van der Waals surface area contributed by atoms with E-state index in [0.29, 0.717) is 5.69 Å². The first-order valence-electron chi connectivity index (χ1n) is 3.12. The Balaban J connectivity index is 2.64. The van der Waals surface area contributed by atoms with Crippen LogP contribution in [0, 0.1) is 0 Å². The summed E-state index contributed by atoms with van der Waals surface area (Å²) in [6.45, 7) is 0. The molecule has 1 rings (SSSR count). The smallest absolute Gasteiger partial charge is 0.394 e. The van der Waals surface area contributed by atoms with E-state index < -0.39 is 11.9 Å². The van der Waals surface area contributed by atoms with Gasteiger partial charge in [-0.2, -0.15) is 5.10 Å². The van der Waals surface area contributed by atoms with Crippen molar-refractivity contribution in [3.8, 4) is 0 Å². The van der Waals surface area contributed by atoms with Gasteiger partial charge in [0.25, 0.3) is 0 Å². The molecule has 0 bridgehead atoms. The molecule has 0 aliphatic carbocycles. The van der Waals surface area contributed by atoms with Gasteiger partial charge in [-0.05, 0) is 0 Å². The average molecular weight is 169 g/mol. The predicted molar refractivity (Wildman–Crippen MR) is 39.5 cm³/mol. The van der Waals surface area contributed by atoms with Gasteiger partial charge in [0, 0.05) is 13.2 Å². The van der Waals surface area contributed by atoms with Crippen LogP contribution in [0.1, 0.15) is 0 Å². The molecule has 6 heteroatoms. The van der Waals surface area contributed by atoms with E-state index in [2.05, 4.69) is 10.4 Å². The molecule has 0 aliphatic heterocycles. The number of amides is 1. The average Bonchev–Trinajstić information content (AvgIpc) is 2.35. The van der Waals surface area contributed by atoms with Gasteiger partial charge in [-0.25, -0.2) is 4.79 Å². The highest BCUT2D eigenvalue weighted by molar-refractivity contribution is 6.36. The second kappa shape index (κ2) is 3.04. The van der Waals surface area contributed by atoms with Gasteiger partial charge in [0.15, 0.2) is 0 Å². The zero-order valence-electron chi connectivity index (χ0n) is 6.31. The fourth-order valence-corrected chi connectivity index (χ4v) is 0.670. The number of aliphatic carboxylic acids is 1. The Bertz CT molecular complexity index is 318. The predicted octanol–water partition coefficient (Wildman–Crippen LogP) is -0.557. The number of rotatable bonds is 1. The summed E-state index contributed by atoms with van der Waals surface area (Å²) >= 11 is 0. The molecular weight excluding hydrogens is 162 g/mol. The van der Waals surface area contributed by atoms with Crippen molar-refractivity contribution in [1.82, 2.24) is 9.78 Å². The maximum absolute atomic E-state index is 10.6. The Morgan fingerprint density at radius 2 is 2.33 bits per heavy atom. The van der Waals surface area contributed by atoms with Crippen molar-refractivity contribution >= 4 is 17.6 Å². The van der Waals surface area contributed by atoms with Gasteiger partial charge in [-0.1, -0.05) is 0 Å². The lowest BCUT2D eigenvalue weighted by Crippen LogP contribution is -2.21. The number of carbonyl (C=O) groups is 2. The van der Waals surface area contributed by atoms with E-state index in [1.54, 1.807) is 7.05 Å². The molecule has 64 valence electrons. The largest absolute Gasteiger partial charge is 0.474 e. The topological polar surface area (TPSA) is 84.2 Å². The number of carboxylic acid groups (broad SMARTS) is 1. The Hall–Kier alpha value is -1.85. The Morgan fingerprint density at radius 3 is 2.75 bits per heavy atom. The normalized spacial score (nSPS) is 9.42. The first kappa shape index (κ1) is 8.25. The summed E-state index contributed by atoms with van der Waals surface area (Å²) in [6, 6.07) is 0. The SMILES string of the molecule is Cn1cc(NC(=O)C(=O)O)cn1. The van der Waals surface area contributed by atoms with E-state index in [4.69, 9.17) is 5.11 Å². The highest BCUT2D eigenvalue weighted by Crippen LogP contribution is 2.02. The van der Waals surface area contributed by atoms with E-state index in [-0.39, 0.29) is 0 Å². The second-order valence-electron chi connectivity index (χ2n) is 2.16. The zero-order valence-corrected chi connectivity index (χ0v) is 6.31. The van der Waals surface area contributed by atoms with Crippen molar-refractivity contribution in [2.75, 3.05) is 5.32 Å². The lowest BCUT2D eigenvalue weighted by Gasteiger charge is -1.94. The van der Waals surface area contributed by atoms with E-state index in [1.807, 2.05) is 0 Å². The van der Waals surface area contributed by atoms with Crippen molar-refractivity contribution in [3.63, 3.8) is 0 Å². The molecule has 1 heterocycles. The second-order valence-corrected chi connectivity index (χ2v) is 2.16. The molecule has 6 nitrogen and oxygen atoms in total. The standard InChI is InChI=1S/C6H7N3O3/c1-9-3-4(2-7-9)8-5(10)6(11)12/h2-3H,1H3,(H,8,10)(H,11,12). The van der Waals surface area contributed by atoms with Crippen LogP contribution in [0.4, 0.5) is 5.69 Å². The van der Waals surface area contributed by atoms with Gasteiger partial charge in [-0.15, -0.1) is 0 Å². The third-order valence-corrected chi connectivity index (χ3v) is 1.16. The maximum atomic E-state index is 10.6. The zero-order chi connectivity index (χ0) is 9.14. The summed E-state index contributed by atoms with van der Waals surface area (Å²) in [5.74, 6) is -2.58. The molecule has 0 atom stereocenters. The number of carboxylic acids is 1. The fourth-order valence-electron chi connectivity index (χ4n) is 0.670. The fraction of sp³-hybridized carbons (Fsp3) is 0.167.